The van der Waals surface area contributed by atoms with Crippen LogP contribution in [0.25, 0.3) is 44.4 Å². The average Bonchev–Trinajstić information content (AvgIpc) is 3.60. The van der Waals surface area contributed by atoms with Gasteiger partial charge in [-0.25, -0.2) is 4.98 Å². The van der Waals surface area contributed by atoms with E-state index in [4.69, 9.17) is 14.8 Å². The third-order valence-electron chi connectivity index (χ3n) is 10.0. The first-order chi connectivity index (χ1) is 24.4. The molecule has 0 aliphatic heterocycles. The predicted octanol–water partition coefficient (Wildman–Crippen LogP) is 12.1. The van der Waals surface area contributed by atoms with Gasteiger partial charge in [-0.2, -0.15) is 11.2 Å². The van der Waals surface area contributed by atoms with Crippen molar-refractivity contribution in [2.75, 3.05) is 0 Å². The van der Waals surface area contributed by atoms with Crippen LogP contribution in [0.3, 0.4) is 0 Å². The number of para-hydroxylation sites is 1. The number of hydrogen-bond donors (Lipinski definition) is 0. The van der Waals surface area contributed by atoms with Gasteiger partial charge in [0.1, 0.15) is 5.82 Å². The van der Waals surface area contributed by atoms with Crippen LogP contribution in [0, 0.1) is 32.9 Å². The maximum absolute atomic E-state index is 6.70. The van der Waals surface area contributed by atoms with Gasteiger partial charge >= 0.3 is 20.4 Å². The van der Waals surface area contributed by atoms with Gasteiger partial charge in [0.2, 0.25) is 0 Å². The molecular formula is C46H48N4OPd. The van der Waals surface area contributed by atoms with Crippen molar-refractivity contribution < 1.29 is 25.2 Å². The second-order valence-corrected chi connectivity index (χ2v) is 15.2. The summed E-state index contributed by atoms with van der Waals surface area (Å²) >= 11 is 0. The minimum absolute atomic E-state index is 0. The van der Waals surface area contributed by atoms with Gasteiger partial charge in [-0.05, 0) is 96.5 Å². The third kappa shape index (κ3) is 7.00. The quantitative estimate of drug-likeness (QED) is 0.108. The maximum atomic E-state index is 6.70. The molecule has 7 rings (SSSR count). The zero-order valence-corrected chi connectivity index (χ0v) is 33.3. The molecular weight excluding hydrogens is 731 g/mol. The first kappa shape index (κ1) is 37.3. The Morgan fingerprint density at radius 3 is 2.27 bits per heavy atom. The van der Waals surface area contributed by atoms with Crippen LogP contribution >= 0.6 is 0 Å². The van der Waals surface area contributed by atoms with E-state index in [1.165, 1.54) is 39.1 Å². The molecule has 3 heterocycles. The predicted molar refractivity (Wildman–Crippen MR) is 211 cm³/mol. The maximum Gasteiger partial charge on any atom is 2.00 e. The van der Waals surface area contributed by atoms with Gasteiger partial charge in [0, 0.05) is 34.5 Å². The van der Waals surface area contributed by atoms with E-state index in [1.54, 1.807) is 0 Å². The van der Waals surface area contributed by atoms with E-state index in [9.17, 15) is 0 Å². The van der Waals surface area contributed by atoms with Gasteiger partial charge in [-0.3, -0.25) is 4.68 Å². The molecule has 0 saturated heterocycles. The second-order valence-electron chi connectivity index (χ2n) is 15.2. The van der Waals surface area contributed by atoms with Crippen LogP contribution in [0.15, 0.2) is 85.1 Å². The number of aromatic nitrogens is 4. The minimum Gasteiger partial charge on any atom is -0.509 e. The van der Waals surface area contributed by atoms with Crippen molar-refractivity contribution in [3.63, 3.8) is 0 Å². The van der Waals surface area contributed by atoms with Crippen molar-refractivity contribution >= 4 is 21.8 Å². The topological polar surface area (TPSA) is 44.9 Å². The summed E-state index contributed by atoms with van der Waals surface area (Å²) in [4.78, 5) is 4.84. The number of pyridine rings is 1. The molecule has 0 unspecified atom stereocenters. The number of aryl methyl sites for hydroxylation is 3. The molecule has 0 spiro atoms. The fourth-order valence-corrected chi connectivity index (χ4v) is 7.23. The zero-order valence-electron chi connectivity index (χ0n) is 31.8. The van der Waals surface area contributed by atoms with Crippen molar-refractivity contribution in [3.05, 3.63) is 131 Å². The van der Waals surface area contributed by atoms with Crippen LogP contribution in [-0.4, -0.2) is 19.3 Å². The first-order valence-electron chi connectivity index (χ1n) is 18.3. The Morgan fingerprint density at radius 2 is 1.56 bits per heavy atom. The van der Waals surface area contributed by atoms with Gasteiger partial charge in [-0.1, -0.05) is 89.9 Å². The Bertz CT molecular complexity index is 2370. The van der Waals surface area contributed by atoms with Gasteiger partial charge < -0.3 is 9.30 Å². The molecule has 0 amide bonds. The fraction of sp³-hybridized carbons (Fsp3) is 0.304. The summed E-state index contributed by atoms with van der Waals surface area (Å²) < 4.78 is 11.0. The largest absolute Gasteiger partial charge is 2.00 e. The number of fused-ring (bicyclic) bond motifs is 3. The van der Waals surface area contributed by atoms with Crippen LogP contribution in [0.4, 0.5) is 0 Å². The van der Waals surface area contributed by atoms with E-state index in [0.29, 0.717) is 11.5 Å². The molecule has 0 N–H and O–H groups in total. The summed E-state index contributed by atoms with van der Waals surface area (Å²) in [5.41, 5.74) is 12.6. The molecule has 0 fully saturated rings. The van der Waals surface area contributed by atoms with Gasteiger partial charge in [0.25, 0.3) is 0 Å². The molecule has 6 heteroatoms. The molecule has 3 aromatic heterocycles. The number of rotatable bonds is 9. The van der Waals surface area contributed by atoms with E-state index in [-0.39, 0.29) is 31.8 Å². The van der Waals surface area contributed by atoms with Crippen LogP contribution in [0.1, 0.15) is 93.9 Å². The van der Waals surface area contributed by atoms with Crippen molar-refractivity contribution in [3.8, 4) is 34.1 Å². The van der Waals surface area contributed by atoms with E-state index in [0.717, 1.165) is 58.3 Å². The molecule has 0 aliphatic rings. The molecule has 268 valence electrons. The molecule has 7 aromatic rings. The SMILES string of the molecule is CCCCc1c(-c2c(C)cccc2C)c(C)nn1-c1[c-]c(Oc2[c-]c3c(cc2)c2ccccc2n3-c2cc(C(C)(C)C)ccn2)cc(C(C)C)c1.[Pd+2]. The smallest absolute Gasteiger partial charge is 0.509 e. The van der Waals surface area contributed by atoms with Gasteiger partial charge in [0.15, 0.2) is 0 Å². The van der Waals surface area contributed by atoms with Crippen LogP contribution in [0.2, 0.25) is 0 Å². The van der Waals surface area contributed by atoms with Crippen LogP contribution < -0.4 is 4.74 Å². The number of benzene rings is 4. The van der Waals surface area contributed by atoms with E-state index >= 15 is 0 Å². The first-order valence-corrected chi connectivity index (χ1v) is 18.3. The van der Waals surface area contributed by atoms with E-state index < -0.39 is 0 Å². The van der Waals surface area contributed by atoms with Crippen LogP contribution in [-0.2, 0) is 32.3 Å². The fourth-order valence-electron chi connectivity index (χ4n) is 7.23. The van der Waals surface area contributed by atoms with Gasteiger partial charge in [0.05, 0.1) is 5.69 Å². The summed E-state index contributed by atoms with van der Waals surface area (Å²) in [5, 5.41) is 7.45. The summed E-state index contributed by atoms with van der Waals surface area (Å²) in [6.07, 6.45) is 5.01. The van der Waals surface area contributed by atoms with Crippen LogP contribution in [0.5, 0.6) is 11.5 Å². The number of ether oxygens (including phenoxy) is 1. The number of unbranched alkanes of at least 4 members (excludes halogenated alkanes) is 1. The van der Waals surface area contributed by atoms with Gasteiger partial charge in [-0.15, -0.1) is 41.3 Å². The van der Waals surface area contributed by atoms with Crippen molar-refractivity contribution in [2.24, 2.45) is 0 Å². The summed E-state index contributed by atoms with van der Waals surface area (Å²) in [6, 6.07) is 35.0. The summed E-state index contributed by atoms with van der Waals surface area (Å²) in [7, 11) is 0. The van der Waals surface area contributed by atoms with Crippen molar-refractivity contribution in [1.29, 1.82) is 0 Å². The van der Waals surface area contributed by atoms with Crippen molar-refractivity contribution in [2.45, 2.75) is 92.9 Å². The number of hydrogen-bond acceptors (Lipinski definition) is 3. The Morgan fingerprint density at radius 1 is 0.808 bits per heavy atom. The molecule has 0 aliphatic carbocycles. The number of nitrogens with zero attached hydrogens (tertiary/aromatic N) is 4. The summed E-state index contributed by atoms with van der Waals surface area (Å²) in [5.74, 6) is 2.42. The monoisotopic (exact) mass is 778 g/mol. The normalized spacial score (nSPS) is 11.8. The molecule has 0 radical (unpaired) electrons. The van der Waals surface area contributed by atoms with E-state index in [2.05, 4.69) is 156 Å². The molecule has 52 heavy (non-hydrogen) atoms. The average molecular weight is 779 g/mol. The Labute approximate surface area is 322 Å². The Balaban J connectivity index is 0.00000464. The second kappa shape index (κ2) is 14.9. The molecule has 0 saturated carbocycles. The molecule has 4 aromatic carbocycles. The Kier molecular flexibility index (Phi) is 10.6. The molecule has 0 atom stereocenters. The van der Waals surface area contributed by atoms with Crippen molar-refractivity contribution in [1.82, 2.24) is 19.3 Å². The van der Waals surface area contributed by atoms with E-state index in [1.807, 2.05) is 12.3 Å². The third-order valence-corrected chi connectivity index (χ3v) is 10.0. The zero-order chi connectivity index (χ0) is 36.0. The Hall–Kier alpha value is -4.50. The molecule has 5 nitrogen and oxygen atoms in total. The standard InChI is InChI=1S/C46H48N4O.Pd/c1-10-11-18-41-45(44-30(4)15-14-16-31(44)5)32(6)48-50(41)35-24-33(29(2)3)25-37(27-35)51-36-20-21-39-38-17-12-13-19-40(38)49(42(39)28-36)43-26-34(22-23-47-43)46(7,8)9;/h12-17,19-26,29H,10-11,18H2,1-9H3;/q-2;+2. The summed E-state index contributed by atoms with van der Waals surface area (Å²) in [6.45, 7) is 19.9. The minimum atomic E-state index is -0.00749. The molecule has 0 bridgehead atoms.